The Hall–Kier alpha value is -1.72. The fourth-order valence-corrected chi connectivity index (χ4v) is 2.91. The Balaban J connectivity index is 1.78. The maximum atomic E-state index is 12.0. The van der Waals surface area contributed by atoms with Gasteiger partial charge >= 0.3 is 0 Å². The van der Waals surface area contributed by atoms with E-state index in [0.717, 1.165) is 24.3 Å². The Morgan fingerprint density at radius 1 is 1.44 bits per heavy atom. The lowest BCUT2D eigenvalue weighted by Crippen LogP contribution is -2.12. The molecule has 1 aromatic carbocycles. The topological polar surface area (TPSA) is 54.0 Å². The number of anilines is 1. The van der Waals surface area contributed by atoms with Gasteiger partial charge < -0.3 is 5.32 Å². The maximum Gasteiger partial charge on any atom is 0.257 e. The molecule has 0 unspecified atom stereocenters. The summed E-state index contributed by atoms with van der Waals surface area (Å²) in [6, 6.07) is 7.54. The van der Waals surface area contributed by atoms with Crippen LogP contribution >= 0.6 is 11.3 Å². The fraction of sp³-hybridized carbons (Fsp3) is 0.231. The van der Waals surface area contributed by atoms with Crippen molar-refractivity contribution >= 4 is 22.4 Å². The third-order valence-corrected chi connectivity index (χ3v) is 3.87. The number of benzene rings is 1. The molecule has 0 fully saturated rings. The Kier molecular flexibility index (Phi) is 2.85. The lowest BCUT2D eigenvalue weighted by atomic mass is 10.1. The Morgan fingerprint density at radius 3 is 3.11 bits per heavy atom. The molecule has 2 N–H and O–H groups in total. The molecule has 1 aromatic heterocycles. The molecule has 92 valence electrons. The van der Waals surface area contributed by atoms with E-state index in [1.165, 1.54) is 4.88 Å². The van der Waals surface area contributed by atoms with Crippen LogP contribution in [0, 0.1) is 6.92 Å². The van der Waals surface area contributed by atoms with E-state index in [2.05, 4.69) is 15.6 Å². The number of nitrogens with zero attached hydrogens (tertiary/aromatic N) is 1. The van der Waals surface area contributed by atoms with Gasteiger partial charge in [-0.3, -0.25) is 10.1 Å². The number of fused-ring (bicyclic) bond motifs is 1. The zero-order valence-electron chi connectivity index (χ0n) is 9.99. The number of hydrogen-bond acceptors (Lipinski definition) is 4. The molecule has 2 heterocycles. The smallest absolute Gasteiger partial charge is 0.257 e. The zero-order chi connectivity index (χ0) is 12.5. The SMILES string of the molecule is Cc1cccc(C(=O)Nc2nc3c(s2)CNC3)c1. The lowest BCUT2D eigenvalue weighted by Gasteiger charge is -2.02. The van der Waals surface area contributed by atoms with E-state index in [-0.39, 0.29) is 5.91 Å². The summed E-state index contributed by atoms with van der Waals surface area (Å²) in [4.78, 5) is 17.7. The van der Waals surface area contributed by atoms with Crippen molar-refractivity contribution in [2.24, 2.45) is 0 Å². The van der Waals surface area contributed by atoms with Gasteiger partial charge in [0.15, 0.2) is 5.13 Å². The van der Waals surface area contributed by atoms with Gasteiger partial charge in [-0.2, -0.15) is 0 Å². The van der Waals surface area contributed by atoms with Gasteiger partial charge in [0.25, 0.3) is 5.91 Å². The molecular weight excluding hydrogens is 246 g/mol. The molecule has 0 saturated heterocycles. The molecule has 18 heavy (non-hydrogen) atoms. The largest absolute Gasteiger partial charge is 0.306 e. The van der Waals surface area contributed by atoms with Gasteiger partial charge in [0, 0.05) is 23.5 Å². The van der Waals surface area contributed by atoms with Crippen LogP contribution in [0.3, 0.4) is 0 Å². The lowest BCUT2D eigenvalue weighted by molar-refractivity contribution is 0.102. The van der Waals surface area contributed by atoms with Gasteiger partial charge in [0.1, 0.15) is 0 Å². The van der Waals surface area contributed by atoms with Crippen molar-refractivity contribution in [1.82, 2.24) is 10.3 Å². The van der Waals surface area contributed by atoms with Crippen LogP contribution in [0.15, 0.2) is 24.3 Å². The Morgan fingerprint density at radius 2 is 2.33 bits per heavy atom. The highest BCUT2D eigenvalue weighted by molar-refractivity contribution is 7.15. The van der Waals surface area contributed by atoms with Gasteiger partial charge in [-0.15, -0.1) is 11.3 Å². The predicted octanol–water partition coefficient (Wildman–Crippen LogP) is 2.31. The fourth-order valence-electron chi connectivity index (χ4n) is 1.96. The van der Waals surface area contributed by atoms with Crippen LogP contribution in [0.1, 0.15) is 26.5 Å². The zero-order valence-corrected chi connectivity index (χ0v) is 10.8. The molecule has 3 rings (SSSR count). The number of rotatable bonds is 2. The molecule has 5 heteroatoms. The molecule has 0 bridgehead atoms. The van der Waals surface area contributed by atoms with Crippen LogP contribution in [-0.4, -0.2) is 10.9 Å². The van der Waals surface area contributed by atoms with Gasteiger partial charge in [0.2, 0.25) is 0 Å². The number of thiazole rings is 1. The van der Waals surface area contributed by atoms with Crippen LogP contribution in [-0.2, 0) is 13.1 Å². The van der Waals surface area contributed by atoms with Crippen molar-refractivity contribution in [2.75, 3.05) is 5.32 Å². The quantitative estimate of drug-likeness (QED) is 0.870. The number of nitrogens with one attached hydrogen (secondary N) is 2. The van der Waals surface area contributed by atoms with Crippen molar-refractivity contribution in [1.29, 1.82) is 0 Å². The van der Waals surface area contributed by atoms with Crippen molar-refractivity contribution in [2.45, 2.75) is 20.0 Å². The highest BCUT2D eigenvalue weighted by Crippen LogP contribution is 2.26. The van der Waals surface area contributed by atoms with E-state index in [1.807, 2.05) is 31.2 Å². The molecule has 1 aliphatic heterocycles. The standard InChI is InChI=1S/C13H13N3OS/c1-8-3-2-4-9(5-8)12(17)16-13-15-10-6-14-7-11(10)18-13/h2-5,14H,6-7H2,1H3,(H,15,16,17). The van der Waals surface area contributed by atoms with E-state index in [9.17, 15) is 4.79 Å². The molecule has 2 aromatic rings. The predicted molar refractivity (Wildman–Crippen MR) is 71.8 cm³/mol. The highest BCUT2D eigenvalue weighted by atomic mass is 32.1. The third-order valence-electron chi connectivity index (χ3n) is 2.86. The molecule has 0 aliphatic carbocycles. The van der Waals surface area contributed by atoms with Gasteiger partial charge in [0.05, 0.1) is 5.69 Å². The highest BCUT2D eigenvalue weighted by Gasteiger charge is 2.17. The summed E-state index contributed by atoms with van der Waals surface area (Å²) in [7, 11) is 0. The second-order valence-corrected chi connectivity index (χ2v) is 5.40. The minimum absolute atomic E-state index is 0.0981. The summed E-state index contributed by atoms with van der Waals surface area (Å²) < 4.78 is 0. The van der Waals surface area contributed by atoms with E-state index in [1.54, 1.807) is 11.3 Å². The van der Waals surface area contributed by atoms with E-state index < -0.39 is 0 Å². The second-order valence-electron chi connectivity index (χ2n) is 4.32. The first kappa shape index (κ1) is 11.4. The number of carbonyl (C=O) groups excluding carboxylic acids is 1. The van der Waals surface area contributed by atoms with Gasteiger partial charge in [-0.05, 0) is 19.1 Å². The van der Waals surface area contributed by atoms with Crippen molar-refractivity contribution in [3.05, 3.63) is 46.0 Å². The Bertz CT molecular complexity index is 585. The monoisotopic (exact) mass is 259 g/mol. The summed E-state index contributed by atoms with van der Waals surface area (Å²) in [6.45, 7) is 3.62. The number of aromatic nitrogens is 1. The maximum absolute atomic E-state index is 12.0. The molecule has 0 spiro atoms. The minimum Gasteiger partial charge on any atom is -0.306 e. The van der Waals surface area contributed by atoms with Crippen molar-refractivity contribution in [3.8, 4) is 0 Å². The van der Waals surface area contributed by atoms with E-state index >= 15 is 0 Å². The molecule has 4 nitrogen and oxygen atoms in total. The average Bonchev–Trinajstić information content (AvgIpc) is 2.89. The van der Waals surface area contributed by atoms with Crippen LogP contribution < -0.4 is 10.6 Å². The first-order valence-corrected chi connectivity index (χ1v) is 6.61. The molecule has 0 radical (unpaired) electrons. The summed E-state index contributed by atoms with van der Waals surface area (Å²) in [5.41, 5.74) is 2.80. The molecule has 0 saturated carbocycles. The van der Waals surface area contributed by atoms with E-state index in [0.29, 0.717) is 10.7 Å². The van der Waals surface area contributed by atoms with Crippen LogP contribution in [0.4, 0.5) is 5.13 Å². The first-order valence-electron chi connectivity index (χ1n) is 5.80. The second kappa shape index (κ2) is 4.51. The number of amides is 1. The summed E-state index contributed by atoms with van der Waals surface area (Å²) >= 11 is 1.54. The van der Waals surface area contributed by atoms with Gasteiger partial charge in [-0.25, -0.2) is 4.98 Å². The summed E-state index contributed by atoms with van der Waals surface area (Å²) in [6.07, 6.45) is 0. The van der Waals surface area contributed by atoms with Crippen LogP contribution in [0.5, 0.6) is 0 Å². The van der Waals surface area contributed by atoms with Gasteiger partial charge in [-0.1, -0.05) is 17.7 Å². The summed E-state index contributed by atoms with van der Waals surface area (Å²) in [5, 5.41) is 6.77. The first-order chi connectivity index (χ1) is 8.72. The Labute approximate surface area is 109 Å². The van der Waals surface area contributed by atoms with E-state index in [4.69, 9.17) is 0 Å². The van der Waals surface area contributed by atoms with Crippen molar-refractivity contribution < 1.29 is 4.79 Å². The van der Waals surface area contributed by atoms with Crippen LogP contribution in [0.25, 0.3) is 0 Å². The van der Waals surface area contributed by atoms with Crippen molar-refractivity contribution in [3.63, 3.8) is 0 Å². The molecule has 1 amide bonds. The third kappa shape index (κ3) is 2.14. The normalized spacial score (nSPS) is 13.4. The number of hydrogen-bond donors (Lipinski definition) is 2. The summed E-state index contributed by atoms with van der Waals surface area (Å²) in [5.74, 6) is -0.0981. The number of aryl methyl sites for hydroxylation is 1. The molecule has 1 aliphatic rings. The molecule has 0 atom stereocenters. The minimum atomic E-state index is -0.0981. The average molecular weight is 259 g/mol. The number of carbonyl (C=O) groups is 1. The molecular formula is C13H13N3OS. The van der Waals surface area contributed by atoms with Crippen LogP contribution in [0.2, 0.25) is 0 Å².